The van der Waals surface area contributed by atoms with Crippen LogP contribution in [0.4, 0.5) is 5.69 Å². The van der Waals surface area contributed by atoms with E-state index in [0.29, 0.717) is 0 Å². The zero-order valence-electron chi connectivity index (χ0n) is 8.60. The second kappa shape index (κ2) is 3.50. The third kappa shape index (κ3) is 1.55. The number of anilines is 1. The number of fused-ring (bicyclic) bond motifs is 1. The van der Waals surface area contributed by atoms with Crippen LogP contribution in [0.15, 0.2) is 24.3 Å². The molecule has 1 aromatic rings. The number of nitrogens with two attached hydrogens (primary N) is 1. The van der Waals surface area contributed by atoms with Crippen molar-refractivity contribution in [1.82, 2.24) is 0 Å². The average Bonchev–Trinajstić information content (AvgIpc) is 2.27. The van der Waals surface area contributed by atoms with Crippen molar-refractivity contribution in [3.05, 3.63) is 24.3 Å². The van der Waals surface area contributed by atoms with E-state index in [2.05, 4.69) is 11.0 Å². The van der Waals surface area contributed by atoms with Gasteiger partial charge in [0.25, 0.3) is 0 Å². The first-order chi connectivity index (χ1) is 6.68. The van der Waals surface area contributed by atoms with E-state index >= 15 is 0 Å². The number of nitrogens with zero attached hydrogens (tertiary/aromatic N) is 1. The molecule has 0 spiro atoms. The lowest BCUT2D eigenvalue weighted by Gasteiger charge is -2.20. The number of likely N-dealkylation sites (N-methyl/N-ethyl adjacent to an activating group) is 1. The van der Waals surface area contributed by atoms with Crippen molar-refractivity contribution in [1.29, 1.82) is 0 Å². The Morgan fingerprint density at radius 2 is 2.14 bits per heavy atom. The molecular weight excluding hydrogens is 176 g/mol. The normalized spacial score (nSPS) is 26.4. The Morgan fingerprint density at radius 1 is 1.43 bits per heavy atom. The fourth-order valence-corrected chi connectivity index (χ4v) is 1.72. The van der Waals surface area contributed by atoms with Crippen LogP contribution in [0.3, 0.4) is 0 Å². The summed E-state index contributed by atoms with van der Waals surface area (Å²) in [6, 6.07) is 8.10. The minimum Gasteiger partial charge on any atom is -0.487 e. The largest absolute Gasteiger partial charge is 0.487 e. The number of hydrogen-bond donors (Lipinski definition) is 1. The summed E-state index contributed by atoms with van der Waals surface area (Å²) in [4.78, 5) is 2.14. The van der Waals surface area contributed by atoms with Crippen LogP contribution in [0.5, 0.6) is 5.75 Å². The van der Waals surface area contributed by atoms with Gasteiger partial charge in [0.05, 0.1) is 11.7 Å². The number of ether oxygens (including phenoxy) is 1. The summed E-state index contributed by atoms with van der Waals surface area (Å²) in [6.45, 7) is 2.85. The second-order valence-electron chi connectivity index (χ2n) is 3.84. The third-order valence-corrected chi connectivity index (χ3v) is 2.68. The minimum absolute atomic E-state index is 0.0624. The molecule has 1 aliphatic rings. The molecule has 0 fully saturated rings. The summed E-state index contributed by atoms with van der Waals surface area (Å²) < 4.78 is 5.77. The summed E-state index contributed by atoms with van der Waals surface area (Å²) in [5.41, 5.74) is 7.10. The van der Waals surface area contributed by atoms with Crippen LogP contribution < -0.4 is 15.4 Å². The van der Waals surface area contributed by atoms with Crippen molar-refractivity contribution < 1.29 is 4.74 Å². The highest BCUT2D eigenvalue weighted by atomic mass is 16.5. The summed E-state index contributed by atoms with van der Waals surface area (Å²) >= 11 is 0. The van der Waals surface area contributed by atoms with E-state index in [0.717, 1.165) is 18.0 Å². The number of hydrogen-bond acceptors (Lipinski definition) is 3. The zero-order valence-corrected chi connectivity index (χ0v) is 8.60. The lowest BCUT2D eigenvalue weighted by Crippen LogP contribution is -2.42. The van der Waals surface area contributed by atoms with Crippen molar-refractivity contribution in [3.63, 3.8) is 0 Å². The molecule has 76 valence electrons. The van der Waals surface area contributed by atoms with Gasteiger partial charge in [0.15, 0.2) is 0 Å². The lowest BCUT2D eigenvalue weighted by molar-refractivity contribution is 0.200. The SMILES string of the molecule is C[C@H]1Oc2ccccc2N(C)C[C@@H]1N. The molecule has 0 bridgehead atoms. The second-order valence-corrected chi connectivity index (χ2v) is 3.84. The van der Waals surface area contributed by atoms with E-state index in [9.17, 15) is 0 Å². The predicted octanol–water partition coefficient (Wildman–Crippen LogP) is 1.23. The number of rotatable bonds is 0. The van der Waals surface area contributed by atoms with Crippen molar-refractivity contribution >= 4 is 5.69 Å². The van der Waals surface area contributed by atoms with Gasteiger partial charge in [0.1, 0.15) is 11.9 Å². The summed E-state index contributed by atoms with van der Waals surface area (Å²) in [7, 11) is 2.04. The van der Waals surface area contributed by atoms with Crippen LogP contribution in [-0.4, -0.2) is 25.7 Å². The Bertz CT molecular complexity index is 327. The molecule has 14 heavy (non-hydrogen) atoms. The lowest BCUT2D eigenvalue weighted by atomic mass is 10.2. The molecule has 1 aromatic carbocycles. The van der Waals surface area contributed by atoms with E-state index in [4.69, 9.17) is 10.5 Å². The van der Waals surface area contributed by atoms with E-state index in [-0.39, 0.29) is 12.1 Å². The van der Waals surface area contributed by atoms with Gasteiger partial charge in [-0.05, 0) is 19.1 Å². The highest BCUT2D eigenvalue weighted by Gasteiger charge is 2.23. The Kier molecular flexibility index (Phi) is 2.33. The Morgan fingerprint density at radius 3 is 2.93 bits per heavy atom. The van der Waals surface area contributed by atoms with Crippen LogP contribution in [-0.2, 0) is 0 Å². The van der Waals surface area contributed by atoms with Gasteiger partial charge in [0, 0.05) is 13.6 Å². The Balaban J connectivity index is 2.38. The van der Waals surface area contributed by atoms with Crippen LogP contribution in [0, 0.1) is 0 Å². The first kappa shape index (κ1) is 9.34. The standard InChI is InChI=1S/C11H16N2O/c1-8-9(12)7-13(2)10-5-3-4-6-11(10)14-8/h3-6,8-9H,7,12H2,1-2H3/t8-,9+/m1/s1. The molecule has 0 radical (unpaired) electrons. The first-order valence-corrected chi connectivity index (χ1v) is 4.91. The smallest absolute Gasteiger partial charge is 0.143 e. The predicted molar refractivity (Wildman–Crippen MR) is 57.8 cm³/mol. The molecule has 0 aliphatic carbocycles. The Labute approximate surface area is 84.5 Å². The van der Waals surface area contributed by atoms with E-state index in [1.807, 2.05) is 32.2 Å². The maximum Gasteiger partial charge on any atom is 0.143 e. The highest BCUT2D eigenvalue weighted by Crippen LogP contribution is 2.30. The van der Waals surface area contributed by atoms with Gasteiger partial charge in [-0.3, -0.25) is 0 Å². The quantitative estimate of drug-likeness (QED) is 0.672. The molecule has 2 rings (SSSR count). The maximum atomic E-state index is 5.98. The van der Waals surface area contributed by atoms with Crippen LogP contribution in [0.25, 0.3) is 0 Å². The van der Waals surface area contributed by atoms with E-state index < -0.39 is 0 Å². The summed E-state index contributed by atoms with van der Waals surface area (Å²) in [5.74, 6) is 0.926. The minimum atomic E-state index is 0.0624. The summed E-state index contributed by atoms with van der Waals surface area (Å²) in [5, 5.41) is 0. The van der Waals surface area contributed by atoms with Crippen molar-refractivity contribution in [3.8, 4) is 5.75 Å². The number of para-hydroxylation sites is 2. The van der Waals surface area contributed by atoms with Gasteiger partial charge in [-0.15, -0.1) is 0 Å². The molecule has 0 saturated heterocycles. The molecule has 2 atom stereocenters. The molecule has 0 aromatic heterocycles. The van der Waals surface area contributed by atoms with Crippen molar-refractivity contribution in [2.24, 2.45) is 5.73 Å². The molecule has 1 heterocycles. The van der Waals surface area contributed by atoms with E-state index in [1.54, 1.807) is 0 Å². The molecular formula is C11H16N2O. The van der Waals surface area contributed by atoms with Crippen LogP contribution in [0.2, 0.25) is 0 Å². The molecule has 1 aliphatic heterocycles. The zero-order chi connectivity index (χ0) is 10.1. The first-order valence-electron chi connectivity index (χ1n) is 4.91. The van der Waals surface area contributed by atoms with Gasteiger partial charge >= 0.3 is 0 Å². The molecule has 0 amide bonds. The number of benzene rings is 1. The topological polar surface area (TPSA) is 38.5 Å². The van der Waals surface area contributed by atoms with E-state index in [1.165, 1.54) is 0 Å². The maximum absolute atomic E-state index is 5.98. The van der Waals surface area contributed by atoms with Crippen LogP contribution in [0.1, 0.15) is 6.92 Å². The molecule has 2 N–H and O–H groups in total. The highest BCUT2D eigenvalue weighted by molar-refractivity contribution is 5.58. The van der Waals surface area contributed by atoms with Gasteiger partial charge < -0.3 is 15.4 Å². The fourth-order valence-electron chi connectivity index (χ4n) is 1.72. The molecule has 3 heteroatoms. The monoisotopic (exact) mass is 192 g/mol. The summed E-state index contributed by atoms with van der Waals surface area (Å²) in [6.07, 6.45) is 0.0705. The van der Waals surface area contributed by atoms with Crippen molar-refractivity contribution in [2.75, 3.05) is 18.5 Å². The third-order valence-electron chi connectivity index (χ3n) is 2.68. The van der Waals surface area contributed by atoms with Gasteiger partial charge in [-0.1, -0.05) is 12.1 Å². The van der Waals surface area contributed by atoms with Crippen LogP contribution >= 0.6 is 0 Å². The van der Waals surface area contributed by atoms with Gasteiger partial charge in [-0.25, -0.2) is 0 Å². The molecule has 0 saturated carbocycles. The molecule has 3 nitrogen and oxygen atoms in total. The van der Waals surface area contributed by atoms with Crippen molar-refractivity contribution in [2.45, 2.75) is 19.1 Å². The fraction of sp³-hybridized carbons (Fsp3) is 0.455. The van der Waals surface area contributed by atoms with Gasteiger partial charge in [-0.2, -0.15) is 0 Å². The average molecular weight is 192 g/mol. The van der Waals surface area contributed by atoms with Gasteiger partial charge in [0.2, 0.25) is 0 Å². The Hall–Kier alpha value is -1.22. The molecule has 0 unspecified atom stereocenters.